The van der Waals surface area contributed by atoms with Gasteiger partial charge >= 0.3 is 0 Å². The van der Waals surface area contributed by atoms with Gasteiger partial charge in [0.15, 0.2) is 4.80 Å². The lowest BCUT2D eigenvalue weighted by Crippen LogP contribution is -2.24. The van der Waals surface area contributed by atoms with Crippen molar-refractivity contribution in [3.05, 3.63) is 51.2 Å². The number of carbonyl (C=O) groups is 2. The molecule has 2 aromatic rings. The van der Waals surface area contributed by atoms with Crippen LogP contribution in [0, 0.1) is 0 Å². The highest BCUT2D eigenvalue weighted by Gasteiger charge is 2.05. The average molecular weight is 338 g/mol. The largest absolute Gasteiger partial charge is 0.352 e. The minimum atomic E-state index is -0.182. The number of thiazole rings is 1. The summed E-state index contributed by atoms with van der Waals surface area (Å²) >= 11 is 7.18. The third-order valence-electron chi connectivity index (χ3n) is 2.94. The zero-order valence-corrected chi connectivity index (χ0v) is 13.7. The van der Waals surface area contributed by atoms with Gasteiger partial charge in [-0.2, -0.15) is 4.99 Å². The normalized spacial score (nSPS) is 11.5. The average Bonchev–Trinajstić information content (AvgIpc) is 2.89. The molecule has 22 heavy (non-hydrogen) atoms. The second kappa shape index (κ2) is 7.91. The van der Waals surface area contributed by atoms with E-state index >= 15 is 0 Å². The van der Waals surface area contributed by atoms with E-state index < -0.39 is 0 Å². The second-order valence-corrected chi connectivity index (χ2v) is 5.98. The number of benzene rings is 1. The van der Waals surface area contributed by atoms with Crippen molar-refractivity contribution in [3.63, 3.8) is 0 Å². The van der Waals surface area contributed by atoms with Crippen LogP contribution >= 0.6 is 22.9 Å². The molecular formula is C15H16ClN3O2S. The topological polar surface area (TPSA) is 63.5 Å². The van der Waals surface area contributed by atoms with Gasteiger partial charge in [0.05, 0.1) is 0 Å². The van der Waals surface area contributed by atoms with E-state index in [1.54, 1.807) is 28.8 Å². The lowest BCUT2D eigenvalue weighted by atomic mass is 10.2. The molecule has 0 atom stereocenters. The Morgan fingerprint density at radius 1 is 1.32 bits per heavy atom. The second-order valence-electron chi connectivity index (χ2n) is 4.67. The zero-order valence-electron chi connectivity index (χ0n) is 12.1. The van der Waals surface area contributed by atoms with E-state index in [0.717, 1.165) is 0 Å². The highest BCUT2D eigenvalue weighted by molar-refractivity contribution is 7.07. The SMILES string of the molecule is Cn1ccsc1=NC(=O)CCCNC(=O)c1ccc(Cl)cc1. The van der Waals surface area contributed by atoms with E-state index in [1.807, 2.05) is 18.6 Å². The molecule has 0 aliphatic heterocycles. The van der Waals surface area contributed by atoms with Gasteiger partial charge in [0.25, 0.3) is 5.91 Å². The molecule has 0 fully saturated rings. The summed E-state index contributed by atoms with van der Waals surface area (Å²) in [5.41, 5.74) is 0.547. The molecule has 0 aliphatic rings. The standard InChI is InChI=1S/C15H16ClN3O2S/c1-19-9-10-22-15(19)18-13(20)3-2-8-17-14(21)11-4-6-12(16)7-5-11/h4-7,9-10H,2-3,8H2,1H3,(H,17,21). The zero-order chi connectivity index (χ0) is 15.9. The summed E-state index contributed by atoms with van der Waals surface area (Å²) in [6, 6.07) is 6.66. The van der Waals surface area contributed by atoms with Crippen molar-refractivity contribution in [1.29, 1.82) is 0 Å². The summed E-state index contributed by atoms with van der Waals surface area (Å²) in [6.45, 7) is 0.430. The van der Waals surface area contributed by atoms with Crippen molar-refractivity contribution in [3.8, 4) is 0 Å². The first kappa shape index (κ1) is 16.5. The van der Waals surface area contributed by atoms with E-state index in [-0.39, 0.29) is 11.8 Å². The van der Waals surface area contributed by atoms with Crippen LogP contribution in [0.3, 0.4) is 0 Å². The van der Waals surface area contributed by atoms with Crippen molar-refractivity contribution in [2.45, 2.75) is 12.8 Å². The molecule has 5 nitrogen and oxygen atoms in total. The monoisotopic (exact) mass is 337 g/mol. The lowest BCUT2D eigenvalue weighted by Gasteiger charge is -2.04. The van der Waals surface area contributed by atoms with E-state index in [1.165, 1.54) is 11.3 Å². The summed E-state index contributed by atoms with van der Waals surface area (Å²) in [6.07, 6.45) is 2.71. The molecule has 0 bridgehead atoms. The fourth-order valence-electron chi connectivity index (χ4n) is 1.74. The molecule has 1 N–H and O–H groups in total. The van der Waals surface area contributed by atoms with Crippen molar-refractivity contribution >= 4 is 34.8 Å². The predicted octanol–water partition coefficient (Wildman–Crippen LogP) is 2.38. The first-order chi connectivity index (χ1) is 10.6. The number of aromatic nitrogens is 1. The minimum absolute atomic E-state index is 0.175. The maximum Gasteiger partial charge on any atom is 0.251 e. The molecule has 1 aromatic carbocycles. The van der Waals surface area contributed by atoms with Crippen molar-refractivity contribution in [2.75, 3.05) is 6.54 Å². The molecule has 2 amide bonds. The smallest absolute Gasteiger partial charge is 0.251 e. The summed E-state index contributed by atoms with van der Waals surface area (Å²) < 4.78 is 1.80. The fourth-order valence-corrected chi connectivity index (χ4v) is 2.61. The number of halogens is 1. The lowest BCUT2D eigenvalue weighted by molar-refractivity contribution is -0.118. The van der Waals surface area contributed by atoms with Gasteiger partial charge in [-0.05, 0) is 30.7 Å². The molecule has 0 radical (unpaired) electrons. The number of hydrogen-bond donors (Lipinski definition) is 1. The van der Waals surface area contributed by atoms with Crippen LogP contribution in [0.15, 0.2) is 40.8 Å². The van der Waals surface area contributed by atoms with Crippen LogP contribution in [0.1, 0.15) is 23.2 Å². The molecule has 0 saturated heterocycles. The molecule has 0 spiro atoms. The predicted molar refractivity (Wildman–Crippen MR) is 86.9 cm³/mol. The summed E-state index contributed by atoms with van der Waals surface area (Å²) in [7, 11) is 1.84. The van der Waals surface area contributed by atoms with Gasteiger partial charge in [0.2, 0.25) is 5.91 Å². The van der Waals surface area contributed by atoms with Crippen LogP contribution in [0.25, 0.3) is 0 Å². The van der Waals surface area contributed by atoms with E-state index in [2.05, 4.69) is 10.3 Å². The number of aryl methyl sites for hydroxylation is 1. The summed E-state index contributed by atoms with van der Waals surface area (Å²) in [5, 5.41) is 5.23. The number of nitrogens with zero attached hydrogens (tertiary/aromatic N) is 2. The molecule has 0 aliphatic carbocycles. The number of amides is 2. The Kier molecular flexibility index (Phi) is 5.91. The molecule has 1 heterocycles. The Labute approximate surface area is 137 Å². The Morgan fingerprint density at radius 3 is 2.68 bits per heavy atom. The number of carbonyl (C=O) groups excluding carboxylic acids is 2. The third kappa shape index (κ3) is 4.82. The minimum Gasteiger partial charge on any atom is -0.352 e. The summed E-state index contributed by atoms with van der Waals surface area (Å²) in [4.78, 5) is 28.2. The fraction of sp³-hybridized carbons (Fsp3) is 0.267. The molecule has 2 rings (SSSR count). The Balaban J connectivity index is 1.75. The molecule has 7 heteroatoms. The Hall–Kier alpha value is -1.92. The maximum absolute atomic E-state index is 11.8. The highest BCUT2D eigenvalue weighted by atomic mass is 35.5. The highest BCUT2D eigenvalue weighted by Crippen LogP contribution is 2.09. The molecule has 0 saturated carbocycles. The van der Waals surface area contributed by atoms with Crippen LogP contribution in [-0.4, -0.2) is 22.9 Å². The Bertz CT molecular complexity index is 719. The van der Waals surface area contributed by atoms with Gasteiger partial charge in [-0.3, -0.25) is 9.59 Å². The van der Waals surface area contributed by atoms with Gasteiger partial charge in [-0.25, -0.2) is 0 Å². The van der Waals surface area contributed by atoms with Crippen LogP contribution in [0.5, 0.6) is 0 Å². The summed E-state index contributed by atoms with van der Waals surface area (Å²) in [5.74, 6) is -0.357. The maximum atomic E-state index is 11.8. The van der Waals surface area contributed by atoms with Crippen LogP contribution in [0.2, 0.25) is 5.02 Å². The van der Waals surface area contributed by atoms with E-state index in [4.69, 9.17) is 11.6 Å². The van der Waals surface area contributed by atoms with Crippen LogP contribution < -0.4 is 10.1 Å². The molecular weight excluding hydrogens is 322 g/mol. The first-order valence-electron chi connectivity index (χ1n) is 6.78. The number of nitrogens with one attached hydrogen (secondary N) is 1. The van der Waals surface area contributed by atoms with Gasteiger partial charge in [0.1, 0.15) is 0 Å². The van der Waals surface area contributed by atoms with Gasteiger partial charge in [-0.15, -0.1) is 11.3 Å². The van der Waals surface area contributed by atoms with E-state index in [9.17, 15) is 9.59 Å². The number of rotatable bonds is 5. The van der Waals surface area contributed by atoms with Gasteiger partial charge < -0.3 is 9.88 Å². The first-order valence-corrected chi connectivity index (χ1v) is 8.03. The van der Waals surface area contributed by atoms with Crippen LogP contribution in [-0.2, 0) is 11.8 Å². The number of hydrogen-bond acceptors (Lipinski definition) is 3. The quantitative estimate of drug-likeness (QED) is 0.851. The van der Waals surface area contributed by atoms with Crippen molar-refractivity contribution in [2.24, 2.45) is 12.0 Å². The molecule has 0 unspecified atom stereocenters. The third-order valence-corrected chi connectivity index (χ3v) is 4.04. The molecule has 116 valence electrons. The Morgan fingerprint density at radius 2 is 2.05 bits per heavy atom. The molecule has 1 aromatic heterocycles. The van der Waals surface area contributed by atoms with E-state index in [0.29, 0.717) is 34.8 Å². The van der Waals surface area contributed by atoms with Gasteiger partial charge in [-0.1, -0.05) is 11.6 Å². The van der Waals surface area contributed by atoms with Crippen molar-refractivity contribution < 1.29 is 9.59 Å². The van der Waals surface area contributed by atoms with Gasteiger partial charge in [0, 0.05) is 42.2 Å². The van der Waals surface area contributed by atoms with Crippen LogP contribution in [0.4, 0.5) is 0 Å². The van der Waals surface area contributed by atoms with Crippen molar-refractivity contribution in [1.82, 2.24) is 9.88 Å².